The summed E-state index contributed by atoms with van der Waals surface area (Å²) in [6.07, 6.45) is 3.90. The van der Waals surface area contributed by atoms with Crippen molar-refractivity contribution >= 4 is 54.6 Å². The summed E-state index contributed by atoms with van der Waals surface area (Å²) in [7, 11) is 0. The predicted molar refractivity (Wildman–Crippen MR) is 218 cm³/mol. The fourth-order valence-electron chi connectivity index (χ4n) is 8.20. The molecule has 4 heterocycles. The Morgan fingerprint density at radius 2 is 0.774 bits per heavy atom. The molecule has 0 radical (unpaired) electrons. The third-order valence-corrected chi connectivity index (χ3v) is 10.5. The van der Waals surface area contributed by atoms with Crippen molar-refractivity contribution in [2.75, 3.05) is 0 Å². The first-order valence-electron chi connectivity index (χ1n) is 17.9. The molecule has 11 aromatic rings. The number of rotatable bonds is 5. The Morgan fingerprint density at radius 1 is 0.321 bits per heavy atom. The van der Waals surface area contributed by atoms with Crippen LogP contribution in [0.4, 0.5) is 0 Å². The van der Waals surface area contributed by atoms with Gasteiger partial charge in [-0.05, 0) is 78.4 Å². The Morgan fingerprint density at radius 3 is 1.32 bits per heavy atom. The van der Waals surface area contributed by atoms with E-state index in [9.17, 15) is 0 Å². The van der Waals surface area contributed by atoms with Crippen LogP contribution in [0.1, 0.15) is 0 Å². The monoisotopic (exact) mass is 677 g/mol. The Labute approximate surface area is 305 Å². The predicted octanol–water partition coefficient (Wildman–Crippen LogP) is 11.9. The van der Waals surface area contributed by atoms with E-state index >= 15 is 0 Å². The number of pyridine rings is 1. The molecule has 11 rings (SSSR count). The summed E-state index contributed by atoms with van der Waals surface area (Å²) in [5.74, 6) is 0.855. The van der Waals surface area contributed by atoms with Gasteiger partial charge in [-0.2, -0.15) is 0 Å². The molecule has 0 N–H and O–H groups in total. The van der Waals surface area contributed by atoms with E-state index in [2.05, 4.69) is 177 Å². The van der Waals surface area contributed by atoms with E-state index in [0.717, 1.165) is 50.6 Å². The maximum atomic E-state index is 5.16. The number of para-hydroxylation sites is 7. The van der Waals surface area contributed by atoms with Crippen molar-refractivity contribution in [3.8, 4) is 39.6 Å². The number of benzene rings is 7. The van der Waals surface area contributed by atoms with Gasteiger partial charge in [-0.3, -0.25) is 9.55 Å². The van der Waals surface area contributed by atoms with Gasteiger partial charge in [0.15, 0.2) is 0 Å². The summed E-state index contributed by atoms with van der Waals surface area (Å²) in [5.41, 5.74) is 12.9. The molecule has 0 amide bonds. The van der Waals surface area contributed by atoms with Gasteiger partial charge in [0.2, 0.25) is 0 Å². The van der Waals surface area contributed by atoms with E-state index in [1.54, 1.807) is 0 Å². The molecule has 0 aliphatic carbocycles. The first-order valence-corrected chi connectivity index (χ1v) is 17.9. The average molecular weight is 678 g/mol. The molecular formula is C48H31N5. The van der Waals surface area contributed by atoms with Crippen molar-refractivity contribution in [3.63, 3.8) is 0 Å². The smallest absolute Gasteiger partial charge is 0.147 e. The molecule has 0 aliphatic heterocycles. The van der Waals surface area contributed by atoms with Gasteiger partial charge < -0.3 is 9.13 Å². The molecule has 248 valence electrons. The van der Waals surface area contributed by atoms with Crippen LogP contribution in [-0.2, 0) is 0 Å². The van der Waals surface area contributed by atoms with Crippen molar-refractivity contribution in [2.45, 2.75) is 0 Å². The second kappa shape index (κ2) is 11.7. The molecule has 0 aliphatic rings. The quantitative estimate of drug-likeness (QED) is 0.182. The lowest BCUT2D eigenvalue weighted by Crippen LogP contribution is -2.01. The van der Waals surface area contributed by atoms with Gasteiger partial charge in [-0.25, -0.2) is 4.98 Å². The van der Waals surface area contributed by atoms with E-state index < -0.39 is 0 Å². The van der Waals surface area contributed by atoms with E-state index in [1.165, 1.54) is 43.6 Å². The maximum Gasteiger partial charge on any atom is 0.147 e. The molecule has 0 atom stereocenters. The minimum atomic E-state index is 0.855. The van der Waals surface area contributed by atoms with Gasteiger partial charge >= 0.3 is 0 Å². The van der Waals surface area contributed by atoms with Crippen molar-refractivity contribution in [3.05, 3.63) is 188 Å². The van der Waals surface area contributed by atoms with E-state index in [4.69, 9.17) is 9.97 Å². The normalized spacial score (nSPS) is 11.8. The Kier molecular flexibility index (Phi) is 6.48. The van der Waals surface area contributed by atoms with Gasteiger partial charge in [0.1, 0.15) is 5.82 Å². The summed E-state index contributed by atoms with van der Waals surface area (Å²) in [6, 6.07) is 62.7. The first kappa shape index (κ1) is 29.5. The van der Waals surface area contributed by atoms with Crippen LogP contribution in [0.15, 0.2) is 188 Å². The molecule has 0 fully saturated rings. The van der Waals surface area contributed by atoms with Gasteiger partial charge in [0, 0.05) is 62.1 Å². The molecule has 53 heavy (non-hydrogen) atoms. The maximum absolute atomic E-state index is 5.16. The number of hydrogen-bond donors (Lipinski definition) is 0. The third kappa shape index (κ3) is 4.57. The molecule has 0 spiro atoms. The Balaban J connectivity index is 1.19. The molecule has 0 unspecified atom stereocenters. The van der Waals surface area contributed by atoms with Crippen LogP contribution < -0.4 is 0 Å². The summed E-state index contributed by atoms with van der Waals surface area (Å²) < 4.78 is 7.03. The van der Waals surface area contributed by atoms with E-state index in [-0.39, 0.29) is 0 Å². The molecular weight excluding hydrogens is 647 g/mol. The van der Waals surface area contributed by atoms with Crippen LogP contribution in [0.5, 0.6) is 0 Å². The summed E-state index contributed by atoms with van der Waals surface area (Å²) in [4.78, 5) is 10.0. The highest BCUT2D eigenvalue weighted by atomic mass is 15.1. The Hall–Kier alpha value is -7.24. The van der Waals surface area contributed by atoms with Crippen molar-refractivity contribution in [1.82, 2.24) is 23.7 Å². The standard InChI is InChI=1S/C48H31N5/c1-2-14-35(15-3-1)53-47-25-13-8-20-42(47)50-48(53)34-26-33(30-49-31-34)32-27-36(51-43-21-9-4-16-38(43)39-17-5-10-22-44(39)51)29-37(28-32)52-45-23-11-6-18-40(45)41-19-7-12-24-46(41)52/h1-31H. The fraction of sp³-hybridized carbons (Fsp3) is 0. The number of hydrogen-bond acceptors (Lipinski definition) is 2. The molecule has 5 nitrogen and oxygen atoms in total. The zero-order valence-electron chi connectivity index (χ0n) is 28.6. The lowest BCUT2D eigenvalue weighted by atomic mass is 10.0. The minimum Gasteiger partial charge on any atom is -0.309 e. The number of fused-ring (bicyclic) bond motifs is 7. The molecule has 7 aromatic carbocycles. The molecule has 5 heteroatoms. The van der Waals surface area contributed by atoms with Crippen molar-refractivity contribution in [2.24, 2.45) is 0 Å². The van der Waals surface area contributed by atoms with Crippen LogP contribution >= 0.6 is 0 Å². The molecule has 0 saturated heterocycles. The van der Waals surface area contributed by atoms with Crippen LogP contribution in [0.25, 0.3) is 94.2 Å². The topological polar surface area (TPSA) is 40.6 Å². The summed E-state index contributed by atoms with van der Waals surface area (Å²) >= 11 is 0. The van der Waals surface area contributed by atoms with Gasteiger partial charge in [-0.1, -0.05) is 103 Å². The largest absolute Gasteiger partial charge is 0.309 e. The lowest BCUT2D eigenvalue weighted by Gasteiger charge is -2.16. The summed E-state index contributed by atoms with van der Waals surface area (Å²) in [5, 5.41) is 4.93. The van der Waals surface area contributed by atoms with Crippen LogP contribution in [0.3, 0.4) is 0 Å². The number of nitrogens with zero attached hydrogens (tertiary/aromatic N) is 5. The zero-order valence-corrected chi connectivity index (χ0v) is 28.6. The van der Waals surface area contributed by atoms with Crippen molar-refractivity contribution in [1.29, 1.82) is 0 Å². The van der Waals surface area contributed by atoms with Gasteiger partial charge in [0.05, 0.1) is 33.1 Å². The van der Waals surface area contributed by atoms with E-state index in [0.29, 0.717) is 0 Å². The second-order valence-corrected chi connectivity index (χ2v) is 13.5. The second-order valence-electron chi connectivity index (χ2n) is 13.5. The minimum absolute atomic E-state index is 0.855. The fourth-order valence-corrected chi connectivity index (χ4v) is 8.20. The highest BCUT2D eigenvalue weighted by Crippen LogP contribution is 2.38. The number of imidazole rings is 1. The molecule has 4 aromatic heterocycles. The van der Waals surface area contributed by atoms with Crippen LogP contribution in [0.2, 0.25) is 0 Å². The number of aromatic nitrogens is 5. The highest BCUT2D eigenvalue weighted by Gasteiger charge is 2.19. The zero-order chi connectivity index (χ0) is 34.9. The Bertz CT molecular complexity index is 2940. The van der Waals surface area contributed by atoms with Gasteiger partial charge in [-0.15, -0.1) is 0 Å². The first-order chi connectivity index (χ1) is 26.3. The average Bonchev–Trinajstić information content (AvgIpc) is 3.89. The van der Waals surface area contributed by atoms with Crippen LogP contribution in [0, 0.1) is 0 Å². The van der Waals surface area contributed by atoms with Gasteiger partial charge in [0.25, 0.3) is 0 Å². The molecule has 0 saturated carbocycles. The SMILES string of the molecule is c1ccc(-n2c(-c3cncc(-c4cc(-n5c6ccccc6c6ccccc65)cc(-n5c6ccccc6c6ccccc65)c4)c3)nc3ccccc32)cc1. The lowest BCUT2D eigenvalue weighted by molar-refractivity contribution is 1.10. The highest BCUT2D eigenvalue weighted by molar-refractivity contribution is 6.10. The molecule has 0 bridgehead atoms. The third-order valence-electron chi connectivity index (χ3n) is 10.5. The summed E-state index contributed by atoms with van der Waals surface area (Å²) in [6.45, 7) is 0. The van der Waals surface area contributed by atoms with Crippen LogP contribution in [-0.4, -0.2) is 23.7 Å². The van der Waals surface area contributed by atoms with Crippen molar-refractivity contribution < 1.29 is 0 Å². The van der Waals surface area contributed by atoms with E-state index in [1.807, 2.05) is 24.5 Å².